The normalized spacial score (nSPS) is 32.5. The van der Waals surface area contributed by atoms with Gasteiger partial charge in [0.05, 0.1) is 0 Å². The van der Waals surface area contributed by atoms with Crippen molar-refractivity contribution in [1.82, 2.24) is 19.9 Å². The number of aromatic nitrogens is 4. The second kappa shape index (κ2) is 11.8. The molecule has 8 fully saturated rings. The molecule has 0 atom stereocenters. The maximum absolute atomic E-state index is 4.15. The fourth-order valence-corrected chi connectivity index (χ4v) is 15.1. The van der Waals surface area contributed by atoms with Gasteiger partial charge in [0.15, 0.2) is 0 Å². The molecule has 8 saturated carbocycles. The third-order valence-corrected chi connectivity index (χ3v) is 16.2. The van der Waals surface area contributed by atoms with Gasteiger partial charge in [-0.15, -0.1) is 0 Å². The summed E-state index contributed by atoms with van der Waals surface area (Å²) in [6.45, 7) is 0. The molecule has 5 heterocycles. The van der Waals surface area contributed by atoms with Crippen LogP contribution in [0.25, 0.3) is 22.3 Å². The first-order valence-electron chi connectivity index (χ1n) is 21.9. The predicted octanol–water partition coefficient (Wildman–Crippen LogP) is 8.64. The summed E-state index contributed by atoms with van der Waals surface area (Å²) in [5.74, 6) is 5.11. The van der Waals surface area contributed by atoms with E-state index in [-0.39, 0.29) is 10.8 Å². The van der Waals surface area contributed by atoms with Crippen molar-refractivity contribution in [2.45, 2.75) is 77.0 Å². The molecule has 4 aromatic heterocycles. The molecule has 4 nitrogen and oxygen atoms in total. The Morgan fingerprint density at radius 2 is 0.643 bits per heavy atom. The zero-order chi connectivity index (χ0) is 36.6. The largest absolute Gasteiger partial charge is 0.355 e. The lowest BCUT2D eigenvalue weighted by Gasteiger charge is -2.57. The molecule has 0 saturated heterocycles. The summed E-state index contributed by atoms with van der Waals surface area (Å²) in [6, 6.07) is 41.4. The molecule has 280 valence electrons. The molecule has 15 rings (SSSR count). The molecule has 6 aromatic rings. The minimum atomic E-state index is 0.186. The van der Waals surface area contributed by atoms with E-state index in [0.29, 0.717) is 0 Å². The Balaban J connectivity index is 1.13. The summed E-state index contributed by atoms with van der Waals surface area (Å²) in [7, 11) is 0. The van der Waals surface area contributed by atoms with E-state index in [1.54, 1.807) is 0 Å². The third-order valence-electron chi connectivity index (χ3n) is 16.2. The van der Waals surface area contributed by atoms with E-state index < -0.39 is 0 Å². The molecule has 16 bridgehead atoms. The molecule has 2 aromatic carbocycles. The highest BCUT2D eigenvalue weighted by atomic mass is 14.8. The topological polar surface area (TPSA) is 63.2 Å². The van der Waals surface area contributed by atoms with Crippen molar-refractivity contribution < 1.29 is 0 Å². The van der Waals surface area contributed by atoms with Crippen molar-refractivity contribution in [2.75, 3.05) is 0 Å². The summed E-state index contributed by atoms with van der Waals surface area (Å²) in [5, 5.41) is 4.95. The Labute approximate surface area is 329 Å². The SMILES string of the molecule is c1ccc(C2=c3ccc([nH]3)=C(C34CC5CC(CC(C5)C3)C4)c3ccc([nH]3)C(c3ccccc3)=c3ccc([nH]3)=C(C34CC5CC(CC(C5)C3)C4)c3ccc2[nH]3)cc1. The van der Waals surface area contributed by atoms with Gasteiger partial charge in [0, 0.05) is 77.3 Å². The summed E-state index contributed by atoms with van der Waals surface area (Å²) < 4.78 is 0. The highest BCUT2D eigenvalue weighted by Crippen LogP contribution is 2.65. The number of H-pyrrole nitrogens is 4. The standard InChI is InChI=1S/C52H52N4/c1-3-7-37(8-4-1)47-39-11-15-43(53-39)49(51-25-31-19-32(26-51)21-33(20-31)27-51)45-17-13-41(55-45)48(38-9-5-2-6-10-38)42-14-18-46(56-42)50(44-16-12-40(47)54-44)52-28-34-22-35(29-52)24-36(23-34)30-52/h1-18,31-36,53-56H,19-30H2. The van der Waals surface area contributed by atoms with Crippen LogP contribution >= 0.6 is 0 Å². The number of rotatable bonds is 4. The van der Waals surface area contributed by atoms with Crippen LogP contribution in [-0.4, -0.2) is 19.9 Å². The third kappa shape index (κ3) is 4.83. The monoisotopic (exact) mass is 732 g/mol. The van der Waals surface area contributed by atoms with Gasteiger partial charge in [-0.05, 0) is 172 Å². The molecular formula is C52H52N4. The van der Waals surface area contributed by atoms with Gasteiger partial charge in [-0.3, -0.25) is 0 Å². The highest BCUT2D eigenvalue weighted by molar-refractivity contribution is 5.82. The van der Waals surface area contributed by atoms with E-state index in [1.165, 1.54) is 155 Å². The van der Waals surface area contributed by atoms with E-state index >= 15 is 0 Å². The van der Waals surface area contributed by atoms with Crippen LogP contribution in [0.4, 0.5) is 0 Å². The van der Waals surface area contributed by atoms with Crippen LogP contribution in [-0.2, 0) is 0 Å². The van der Waals surface area contributed by atoms with Gasteiger partial charge < -0.3 is 19.9 Å². The number of nitrogens with one attached hydrogen (secondary N) is 4. The van der Waals surface area contributed by atoms with Crippen LogP contribution in [0.1, 0.15) is 111 Å². The van der Waals surface area contributed by atoms with Gasteiger partial charge in [0.1, 0.15) is 0 Å². The van der Waals surface area contributed by atoms with Gasteiger partial charge in [-0.1, -0.05) is 60.7 Å². The predicted molar refractivity (Wildman–Crippen MR) is 224 cm³/mol. The van der Waals surface area contributed by atoms with Gasteiger partial charge in [-0.2, -0.15) is 0 Å². The Kier molecular flexibility index (Phi) is 6.77. The Bertz CT molecular complexity index is 2500. The molecule has 4 N–H and O–H groups in total. The number of fused-ring (bicyclic) bond motifs is 8. The first-order chi connectivity index (χ1) is 27.5. The lowest BCUT2D eigenvalue weighted by atomic mass is 9.47. The Morgan fingerprint density at radius 1 is 0.321 bits per heavy atom. The minimum Gasteiger partial charge on any atom is -0.355 e. The molecule has 4 heteroatoms. The maximum Gasteiger partial charge on any atom is 0.0485 e. The second-order valence-corrected chi connectivity index (χ2v) is 19.8. The van der Waals surface area contributed by atoms with E-state index in [0.717, 1.165) is 35.5 Å². The molecule has 9 aliphatic rings. The van der Waals surface area contributed by atoms with E-state index in [9.17, 15) is 0 Å². The van der Waals surface area contributed by atoms with E-state index in [4.69, 9.17) is 0 Å². The first kappa shape index (κ1) is 32.2. The minimum absolute atomic E-state index is 0.186. The molecule has 0 unspecified atom stereocenters. The average molecular weight is 733 g/mol. The van der Waals surface area contributed by atoms with Crippen molar-refractivity contribution in [3.63, 3.8) is 0 Å². The van der Waals surface area contributed by atoms with Crippen molar-refractivity contribution in [2.24, 2.45) is 46.3 Å². The first-order valence-corrected chi connectivity index (χ1v) is 21.9. The molecule has 1 aliphatic heterocycles. The van der Waals surface area contributed by atoms with E-state index in [2.05, 4.69) is 129 Å². The Hall–Kier alpha value is -4.96. The molecule has 0 radical (unpaired) electrons. The number of aromatic amines is 4. The van der Waals surface area contributed by atoms with Crippen molar-refractivity contribution >= 4 is 22.3 Å². The van der Waals surface area contributed by atoms with Crippen LogP contribution in [0.5, 0.6) is 0 Å². The molecule has 0 amide bonds. The van der Waals surface area contributed by atoms with Gasteiger partial charge in [0.2, 0.25) is 0 Å². The molecule has 0 spiro atoms. The summed E-state index contributed by atoms with van der Waals surface area (Å²) in [6.07, 6.45) is 16.5. The van der Waals surface area contributed by atoms with Crippen LogP contribution in [0.2, 0.25) is 0 Å². The maximum atomic E-state index is 4.15. The van der Waals surface area contributed by atoms with Crippen molar-refractivity contribution in [3.05, 3.63) is 164 Å². The molecule has 8 aliphatic carbocycles. The molecular weight excluding hydrogens is 681 g/mol. The molecule has 56 heavy (non-hydrogen) atoms. The van der Waals surface area contributed by atoms with Crippen molar-refractivity contribution in [3.8, 4) is 0 Å². The van der Waals surface area contributed by atoms with Crippen molar-refractivity contribution in [1.29, 1.82) is 0 Å². The lowest BCUT2D eigenvalue weighted by Crippen LogP contribution is -2.48. The van der Waals surface area contributed by atoms with Crippen LogP contribution < -0.4 is 21.4 Å². The van der Waals surface area contributed by atoms with Gasteiger partial charge in [0.25, 0.3) is 0 Å². The quantitative estimate of drug-likeness (QED) is 0.140. The van der Waals surface area contributed by atoms with Crippen LogP contribution in [0.15, 0.2) is 109 Å². The smallest absolute Gasteiger partial charge is 0.0485 e. The zero-order valence-electron chi connectivity index (χ0n) is 32.3. The fourth-order valence-electron chi connectivity index (χ4n) is 15.1. The number of hydrogen-bond donors (Lipinski definition) is 4. The fraction of sp³-hybridized carbons (Fsp3) is 0.385. The van der Waals surface area contributed by atoms with Gasteiger partial charge >= 0.3 is 0 Å². The Morgan fingerprint density at radius 3 is 1.00 bits per heavy atom. The number of benzene rings is 2. The lowest BCUT2D eigenvalue weighted by molar-refractivity contribution is -0.0184. The number of hydrogen-bond acceptors (Lipinski definition) is 0. The highest BCUT2D eigenvalue weighted by Gasteiger charge is 2.54. The zero-order valence-corrected chi connectivity index (χ0v) is 32.3. The summed E-state index contributed by atoms with van der Waals surface area (Å²) in [5.41, 5.74) is 13.3. The van der Waals surface area contributed by atoms with E-state index in [1.807, 2.05) is 0 Å². The summed E-state index contributed by atoms with van der Waals surface area (Å²) >= 11 is 0. The summed E-state index contributed by atoms with van der Waals surface area (Å²) in [4.78, 5) is 16.6. The van der Waals surface area contributed by atoms with Crippen LogP contribution in [0, 0.1) is 46.3 Å². The average Bonchev–Trinajstić information content (AvgIpc) is 4.02. The van der Waals surface area contributed by atoms with Crippen LogP contribution in [0.3, 0.4) is 0 Å². The van der Waals surface area contributed by atoms with Gasteiger partial charge in [-0.25, -0.2) is 0 Å². The second-order valence-electron chi connectivity index (χ2n) is 19.8.